The molecule has 3 N–H and O–H groups in total. The highest BCUT2D eigenvalue weighted by molar-refractivity contribution is 6.04. The molecule has 11 nitrogen and oxygen atoms in total. The van der Waals surface area contributed by atoms with Crippen LogP contribution < -0.4 is 16.6 Å². The Labute approximate surface area is 228 Å². The van der Waals surface area contributed by atoms with Gasteiger partial charge >= 0.3 is 0 Å². The van der Waals surface area contributed by atoms with Crippen LogP contribution in [0.5, 0.6) is 0 Å². The monoisotopic (exact) mass is 531 g/mol. The van der Waals surface area contributed by atoms with E-state index in [1.165, 1.54) is 4.52 Å². The fraction of sp³-hybridized carbons (Fsp3) is 0.138. The topological polar surface area (TPSA) is 130 Å². The molecule has 0 aliphatic rings. The lowest BCUT2D eigenvalue weighted by atomic mass is 10.1. The molecule has 11 heteroatoms. The maximum Gasteiger partial charge on any atom is 0.280 e. The predicted molar refractivity (Wildman–Crippen MR) is 150 cm³/mol. The van der Waals surface area contributed by atoms with Gasteiger partial charge in [0.25, 0.3) is 11.5 Å². The van der Waals surface area contributed by atoms with Gasteiger partial charge in [-0.2, -0.15) is 5.10 Å². The Morgan fingerprint density at radius 1 is 1.07 bits per heavy atom. The highest BCUT2D eigenvalue weighted by atomic mass is 16.2. The van der Waals surface area contributed by atoms with Crippen molar-refractivity contribution in [2.75, 3.05) is 5.73 Å². The van der Waals surface area contributed by atoms with Crippen LogP contribution in [0.15, 0.2) is 78.2 Å². The van der Waals surface area contributed by atoms with Crippen LogP contribution in [-0.4, -0.2) is 39.3 Å². The van der Waals surface area contributed by atoms with Crippen LogP contribution in [0.4, 0.5) is 5.82 Å². The number of amides is 1. The molecule has 0 fully saturated rings. The number of carbonyl (C=O) groups is 1. The summed E-state index contributed by atoms with van der Waals surface area (Å²) in [5.41, 5.74) is 10.3. The van der Waals surface area contributed by atoms with E-state index in [2.05, 4.69) is 32.3 Å². The number of hydrogen-bond donors (Lipinski definition) is 2. The van der Waals surface area contributed by atoms with Crippen LogP contribution in [0.1, 0.15) is 45.8 Å². The van der Waals surface area contributed by atoms with Crippen LogP contribution in [-0.2, 0) is 7.05 Å². The number of nitrogens with two attached hydrogens (primary N) is 1. The molecular weight excluding hydrogens is 506 g/mol. The van der Waals surface area contributed by atoms with E-state index in [0.29, 0.717) is 28.1 Å². The Hall–Kier alpha value is -5.63. The van der Waals surface area contributed by atoms with Crippen molar-refractivity contribution < 1.29 is 4.79 Å². The second kappa shape index (κ2) is 9.59. The molecule has 0 bridgehead atoms. The molecule has 1 amide bonds. The molecule has 5 aromatic heterocycles. The van der Waals surface area contributed by atoms with Gasteiger partial charge in [-0.05, 0) is 38.1 Å². The third-order valence-corrected chi connectivity index (χ3v) is 6.87. The number of benzene rings is 1. The highest BCUT2D eigenvalue weighted by Gasteiger charge is 2.24. The van der Waals surface area contributed by atoms with Gasteiger partial charge in [0.15, 0.2) is 11.5 Å². The second-order valence-corrected chi connectivity index (χ2v) is 9.38. The number of carbonyl (C=O) groups excluding carboxylic acids is 1. The highest BCUT2D eigenvalue weighted by Crippen LogP contribution is 2.21. The smallest absolute Gasteiger partial charge is 0.280 e. The summed E-state index contributed by atoms with van der Waals surface area (Å²) in [6.45, 7) is 3.75. The quantitative estimate of drug-likeness (QED) is 0.337. The van der Waals surface area contributed by atoms with Crippen molar-refractivity contribution in [1.29, 1.82) is 0 Å². The summed E-state index contributed by atoms with van der Waals surface area (Å²) in [7, 11) is 1.86. The number of rotatable bonds is 4. The van der Waals surface area contributed by atoms with Crippen LogP contribution in [0.2, 0.25) is 0 Å². The van der Waals surface area contributed by atoms with Crippen molar-refractivity contribution in [3.05, 3.63) is 112 Å². The van der Waals surface area contributed by atoms with Crippen molar-refractivity contribution >= 4 is 22.9 Å². The molecule has 1 unspecified atom stereocenters. The lowest BCUT2D eigenvalue weighted by molar-refractivity contribution is 0.0941. The SMILES string of the molecule is Cc1c(C#Cc2ccn3cc(C(C)NC(=O)c4c(N)nn5cccnc45)n(-c4ccccc4)c(=O)c23)cnn1C. The largest absolute Gasteiger partial charge is 0.381 e. The van der Waals surface area contributed by atoms with Crippen molar-refractivity contribution in [2.45, 2.75) is 19.9 Å². The Bertz CT molecular complexity index is 2030. The summed E-state index contributed by atoms with van der Waals surface area (Å²) in [4.78, 5) is 31.7. The molecule has 5 heterocycles. The number of nitrogens with zero attached hydrogens (tertiary/aromatic N) is 7. The van der Waals surface area contributed by atoms with Gasteiger partial charge in [-0.3, -0.25) is 18.8 Å². The molecule has 1 atom stereocenters. The molecule has 0 aliphatic carbocycles. The van der Waals surface area contributed by atoms with E-state index in [9.17, 15) is 9.59 Å². The first-order valence-corrected chi connectivity index (χ1v) is 12.6. The fourth-order valence-corrected chi connectivity index (χ4v) is 4.67. The number of anilines is 1. The maximum atomic E-state index is 14.1. The van der Waals surface area contributed by atoms with E-state index in [4.69, 9.17) is 5.73 Å². The first-order valence-electron chi connectivity index (χ1n) is 12.6. The number of para-hydroxylation sites is 1. The van der Waals surface area contributed by atoms with Crippen LogP contribution in [0, 0.1) is 18.8 Å². The van der Waals surface area contributed by atoms with Gasteiger partial charge in [0.2, 0.25) is 0 Å². The minimum absolute atomic E-state index is 0.0665. The van der Waals surface area contributed by atoms with E-state index in [1.807, 2.05) is 63.5 Å². The van der Waals surface area contributed by atoms with Gasteiger partial charge in [-0.25, -0.2) is 9.50 Å². The molecule has 0 spiro atoms. The van der Waals surface area contributed by atoms with Gasteiger partial charge in [0.05, 0.1) is 34.8 Å². The molecule has 6 rings (SSSR count). The van der Waals surface area contributed by atoms with E-state index in [0.717, 1.165) is 11.3 Å². The molecule has 0 saturated heterocycles. The number of aryl methyl sites for hydroxylation is 1. The lowest BCUT2D eigenvalue weighted by Crippen LogP contribution is -2.33. The van der Waals surface area contributed by atoms with Crippen molar-refractivity contribution in [3.8, 4) is 17.5 Å². The lowest BCUT2D eigenvalue weighted by Gasteiger charge is -2.20. The molecule has 0 aliphatic heterocycles. The standard InChI is InChI=1S/C29H25N9O2/c1-18(33-28(39)24-26(30)34-37-14-7-13-31-27(24)37)23-17-36-15-12-20(10-11-21-16-32-35(3)19(21)2)25(36)29(40)38(23)22-8-5-4-6-9-22/h4-9,12-18H,1-3H3,(H2,30,34)(H,33,39). The number of nitrogens with one attached hydrogen (secondary N) is 1. The maximum absolute atomic E-state index is 14.1. The van der Waals surface area contributed by atoms with E-state index < -0.39 is 11.9 Å². The molecular formula is C29H25N9O2. The average Bonchev–Trinajstić information content (AvgIpc) is 3.62. The van der Waals surface area contributed by atoms with Gasteiger partial charge < -0.3 is 15.5 Å². The summed E-state index contributed by atoms with van der Waals surface area (Å²) in [6.07, 6.45) is 8.56. The average molecular weight is 532 g/mol. The summed E-state index contributed by atoms with van der Waals surface area (Å²) in [6, 6.07) is 12.2. The Morgan fingerprint density at radius 2 is 1.85 bits per heavy atom. The van der Waals surface area contributed by atoms with Crippen LogP contribution in [0.3, 0.4) is 0 Å². The Kier molecular flexibility index (Phi) is 5.92. The zero-order valence-corrected chi connectivity index (χ0v) is 22.0. The normalized spacial score (nSPS) is 11.9. The fourth-order valence-electron chi connectivity index (χ4n) is 4.67. The summed E-state index contributed by atoms with van der Waals surface area (Å²) < 4.78 is 6.54. The van der Waals surface area contributed by atoms with Gasteiger partial charge in [0, 0.05) is 37.5 Å². The molecule has 6 aromatic rings. The minimum atomic E-state index is -0.585. The first kappa shape index (κ1) is 24.7. The number of nitrogen functional groups attached to an aromatic ring is 1. The number of hydrogen-bond acceptors (Lipinski definition) is 6. The zero-order valence-electron chi connectivity index (χ0n) is 22.0. The van der Waals surface area contributed by atoms with Crippen molar-refractivity contribution in [3.63, 3.8) is 0 Å². The van der Waals surface area contributed by atoms with Crippen LogP contribution in [0.25, 0.3) is 16.9 Å². The zero-order chi connectivity index (χ0) is 28.0. The van der Waals surface area contributed by atoms with Crippen molar-refractivity contribution in [2.24, 2.45) is 7.05 Å². The molecule has 0 saturated carbocycles. The van der Waals surface area contributed by atoms with E-state index in [1.54, 1.807) is 44.5 Å². The summed E-state index contributed by atoms with van der Waals surface area (Å²) in [5, 5.41) is 11.4. The Balaban J connectivity index is 1.45. The molecule has 198 valence electrons. The van der Waals surface area contributed by atoms with Gasteiger partial charge in [-0.1, -0.05) is 30.0 Å². The molecule has 40 heavy (non-hydrogen) atoms. The number of fused-ring (bicyclic) bond motifs is 2. The molecule has 1 aromatic carbocycles. The first-order chi connectivity index (χ1) is 19.3. The van der Waals surface area contributed by atoms with Crippen LogP contribution >= 0.6 is 0 Å². The van der Waals surface area contributed by atoms with Gasteiger partial charge in [-0.15, -0.1) is 5.10 Å². The molecule has 0 radical (unpaired) electrons. The predicted octanol–water partition coefficient (Wildman–Crippen LogP) is 2.65. The van der Waals surface area contributed by atoms with Crippen molar-refractivity contribution in [1.82, 2.24) is 38.7 Å². The minimum Gasteiger partial charge on any atom is -0.381 e. The van der Waals surface area contributed by atoms with E-state index in [-0.39, 0.29) is 16.9 Å². The Morgan fingerprint density at radius 3 is 2.60 bits per heavy atom. The summed E-state index contributed by atoms with van der Waals surface area (Å²) >= 11 is 0. The second-order valence-electron chi connectivity index (χ2n) is 9.38. The third kappa shape index (κ3) is 4.08. The number of aromatic nitrogens is 7. The summed E-state index contributed by atoms with van der Waals surface area (Å²) in [5.74, 6) is 5.90. The third-order valence-electron chi connectivity index (χ3n) is 6.87. The van der Waals surface area contributed by atoms with E-state index >= 15 is 0 Å². The van der Waals surface area contributed by atoms with Gasteiger partial charge in [0.1, 0.15) is 11.1 Å².